The molecule has 0 bridgehead atoms. The van der Waals surface area contributed by atoms with Gasteiger partial charge in [-0.2, -0.15) is 10.1 Å². The molecule has 0 spiro atoms. The van der Waals surface area contributed by atoms with Crippen LogP contribution in [0.25, 0.3) is 0 Å². The fraction of sp³-hybridized carbons (Fsp3) is 0.348. The van der Waals surface area contributed by atoms with E-state index >= 15 is 0 Å². The number of hydrogen-bond donors (Lipinski definition) is 0. The Hall–Kier alpha value is -2.86. The second kappa shape index (κ2) is 7.76. The first-order valence-corrected chi connectivity index (χ1v) is 10.3. The predicted octanol–water partition coefficient (Wildman–Crippen LogP) is 5.05. The molecular formula is C23H25ClN4O2. The van der Waals surface area contributed by atoms with Crippen molar-refractivity contribution in [2.45, 2.75) is 39.3 Å². The fourth-order valence-corrected chi connectivity index (χ4v) is 3.99. The van der Waals surface area contributed by atoms with Crippen LogP contribution in [0, 0.1) is 5.41 Å². The SMILES string of the molecule is COc1ccc([C@@H]2C[C@@H](c3ccc(Cl)cc3)N(C(=O)C(C)(C)C)c3ncnn32)cc1. The van der Waals surface area contributed by atoms with Crippen molar-refractivity contribution in [2.24, 2.45) is 5.41 Å². The Balaban J connectivity index is 1.83. The lowest BCUT2D eigenvalue weighted by atomic mass is 9.88. The van der Waals surface area contributed by atoms with Crippen molar-refractivity contribution in [3.05, 3.63) is 71.0 Å². The summed E-state index contributed by atoms with van der Waals surface area (Å²) >= 11 is 6.12. The lowest BCUT2D eigenvalue weighted by Crippen LogP contribution is -2.47. The molecule has 1 aliphatic heterocycles. The van der Waals surface area contributed by atoms with Gasteiger partial charge in [-0.15, -0.1) is 0 Å². The standard InChI is InChI=1S/C23H25ClN4O2/c1-23(2,3)21(29)27-19(15-5-9-17(24)10-6-15)13-20(28-22(27)25-14-26-28)16-7-11-18(30-4)12-8-16/h5-12,14,19-20H,13H2,1-4H3/t19-,20-/m0/s1. The van der Waals surface area contributed by atoms with E-state index in [9.17, 15) is 4.79 Å². The van der Waals surface area contributed by atoms with E-state index in [1.807, 2.05) is 74.0 Å². The molecule has 0 radical (unpaired) electrons. The van der Waals surface area contributed by atoms with Crippen LogP contribution >= 0.6 is 11.6 Å². The van der Waals surface area contributed by atoms with Crippen molar-refractivity contribution < 1.29 is 9.53 Å². The second-order valence-corrected chi connectivity index (χ2v) is 8.96. The van der Waals surface area contributed by atoms with Crippen molar-refractivity contribution in [3.8, 4) is 5.75 Å². The zero-order valence-electron chi connectivity index (χ0n) is 17.5. The molecule has 2 heterocycles. The summed E-state index contributed by atoms with van der Waals surface area (Å²) in [5, 5.41) is 5.14. The number of amides is 1. The third-order valence-electron chi connectivity index (χ3n) is 5.44. The van der Waals surface area contributed by atoms with Crippen LogP contribution < -0.4 is 9.64 Å². The smallest absolute Gasteiger partial charge is 0.235 e. The van der Waals surface area contributed by atoms with E-state index in [-0.39, 0.29) is 18.0 Å². The Morgan fingerprint density at radius 3 is 2.23 bits per heavy atom. The van der Waals surface area contributed by atoms with Gasteiger partial charge in [0.2, 0.25) is 11.9 Å². The van der Waals surface area contributed by atoms with Gasteiger partial charge in [-0.05, 0) is 41.8 Å². The van der Waals surface area contributed by atoms with Crippen molar-refractivity contribution in [1.82, 2.24) is 14.8 Å². The molecule has 2 atom stereocenters. The molecule has 1 amide bonds. The summed E-state index contributed by atoms with van der Waals surface area (Å²) in [6, 6.07) is 15.4. The first kappa shape index (κ1) is 20.4. The Morgan fingerprint density at radius 2 is 1.63 bits per heavy atom. The molecule has 0 aliphatic carbocycles. The van der Waals surface area contributed by atoms with Gasteiger partial charge in [-0.1, -0.05) is 56.6 Å². The maximum Gasteiger partial charge on any atom is 0.235 e. The van der Waals surface area contributed by atoms with E-state index in [4.69, 9.17) is 16.3 Å². The van der Waals surface area contributed by atoms with Gasteiger partial charge < -0.3 is 4.74 Å². The molecule has 0 unspecified atom stereocenters. The quantitative estimate of drug-likeness (QED) is 0.590. The third-order valence-corrected chi connectivity index (χ3v) is 5.69. The Labute approximate surface area is 181 Å². The first-order valence-electron chi connectivity index (χ1n) is 9.92. The van der Waals surface area contributed by atoms with Crippen LogP contribution in [0.1, 0.15) is 50.4 Å². The number of halogens is 1. The van der Waals surface area contributed by atoms with Crippen LogP contribution in [0.3, 0.4) is 0 Å². The molecule has 1 aliphatic rings. The van der Waals surface area contributed by atoms with Crippen LogP contribution in [0.2, 0.25) is 5.02 Å². The summed E-state index contributed by atoms with van der Waals surface area (Å²) in [6.45, 7) is 5.76. The molecule has 1 aromatic heterocycles. The highest BCUT2D eigenvalue weighted by atomic mass is 35.5. The zero-order chi connectivity index (χ0) is 21.5. The molecule has 3 aromatic rings. The Kier molecular flexibility index (Phi) is 5.28. The minimum absolute atomic E-state index is 0.00452. The molecule has 6 nitrogen and oxygen atoms in total. The topological polar surface area (TPSA) is 60.2 Å². The summed E-state index contributed by atoms with van der Waals surface area (Å²) in [6.07, 6.45) is 2.19. The molecule has 4 rings (SSSR count). The molecule has 30 heavy (non-hydrogen) atoms. The van der Waals surface area contributed by atoms with Crippen LogP contribution in [0.15, 0.2) is 54.9 Å². The molecular weight excluding hydrogens is 400 g/mol. The number of ether oxygens (including phenoxy) is 1. The summed E-state index contributed by atoms with van der Waals surface area (Å²) < 4.78 is 7.14. The van der Waals surface area contributed by atoms with Gasteiger partial charge in [-0.3, -0.25) is 9.69 Å². The Bertz CT molecular complexity index is 1040. The number of anilines is 1. The lowest BCUT2D eigenvalue weighted by molar-refractivity contribution is -0.126. The predicted molar refractivity (Wildman–Crippen MR) is 117 cm³/mol. The van der Waals surface area contributed by atoms with Crippen LogP contribution in [-0.4, -0.2) is 27.8 Å². The number of benzene rings is 2. The average molecular weight is 425 g/mol. The first-order chi connectivity index (χ1) is 14.3. The van der Waals surface area contributed by atoms with Crippen LogP contribution in [0.4, 0.5) is 5.95 Å². The molecule has 0 fully saturated rings. The average Bonchev–Trinajstić information content (AvgIpc) is 3.22. The Morgan fingerprint density at radius 1 is 1.03 bits per heavy atom. The van der Waals surface area contributed by atoms with Crippen molar-refractivity contribution in [3.63, 3.8) is 0 Å². The molecule has 0 saturated heterocycles. The minimum Gasteiger partial charge on any atom is -0.497 e. The number of rotatable bonds is 3. The van der Waals surface area contributed by atoms with Crippen LogP contribution in [-0.2, 0) is 4.79 Å². The molecule has 0 N–H and O–H groups in total. The van der Waals surface area contributed by atoms with E-state index in [1.54, 1.807) is 12.0 Å². The largest absolute Gasteiger partial charge is 0.497 e. The number of carbonyl (C=O) groups excluding carboxylic acids is 1. The zero-order valence-corrected chi connectivity index (χ0v) is 18.3. The summed E-state index contributed by atoms with van der Waals surface area (Å²) in [7, 11) is 1.65. The highest BCUT2D eigenvalue weighted by molar-refractivity contribution is 6.30. The minimum atomic E-state index is -0.561. The molecule has 0 saturated carbocycles. The molecule has 7 heteroatoms. The number of methoxy groups -OCH3 is 1. The van der Waals surface area contributed by atoms with Gasteiger partial charge in [0.05, 0.1) is 19.2 Å². The summed E-state index contributed by atoms with van der Waals surface area (Å²) in [5.41, 5.74) is 1.54. The monoisotopic (exact) mass is 424 g/mol. The maximum absolute atomic E-state index is 13.5. The summed E-state index contributed by atoms with van der Waals surface area (Å²) in [4.78, 5) is 19.7. The maximum atomic E-state index is 13.5. The van der Waals surface area contributed by atoms with E-state index in [2.05, 4.69) is 10.1 Å². The van der Waals surface area contributed by atoms with Crippen LogP contribution in [0.5, 0.6) is 5.75 Å². The van der Waals surface area contributed by atoms with Gasteiger partial charge in [-0.25, -0.2) is 4.68 Å². The number of carbonyl (C=O) groups is 1. The third kappa shape index (κ3) is 3.67. The molecule has 156 valence electrons. The van der Waals surface area contributed by atoms with E-state index < -0.39 is 5.41 Å². The van der Waals surface area contributed by atoms with E-state index in [0.717, 1.165) is 16.9 Å². The van der Waals surface area contributed by atoms with Gasteiger partial charge in [0.1, 0.15) is 12.1 Å². The van der Waals surface area contributed by atoms with E-state index in [1.165, 1.54) is 6.33 Å². The number of hydrogen-bond acceptors (Lipinski definition) is 4. The number of fused-ring (bicyclic) bond motifs is 1. The normalized spacial score (nSPS) is 18.8. The van der Waals surface area contributed by atoms with Gasteiger partial charge in [0.15, 0.2) is 0 Å². The highest BCUT2D eigenvalue weighted by Gasteiger charge is 2.42. The van der Waals surface area contributed by atoms with E-state index in [0.29, 0.717) is 17.4 Å². The fourth-order valence-electron chi connectivity index (χ4n) is 3.86. The van der Waals surface area contributed by atoms with Crippen molar-refractivity contribution in [1.29, 1.82) is 0 Å². The lowest BCUT2D eigenvalue weighted by Gasteiger charge is -2.41. The number of nitrogens with zero attached hydrogens (tertiary/aromatic N) is 4. The van der Waals surface area contributed by atoms with Gasteiger partial charge in [0.25, 0.3) is 0 Å². The van der Waals surface area contributed by atoms with Crippen molar-refractivity contribution >= 4 is 23.5 Å². The van der Waals surface area contributed by atoms with Crippen molar-refractivity contribution in [2.75, 3.05) is 12.0 Å². The second-order valence-electron chi connectivity index (χ2n) is 8.52. The summed E-state index contributed by atoms with van der Waals surface area (Å²) in [5.74, 6) is 1.36. The molecule has 2 aromatic carbocycles. The van der Waals surface area contributed by atoms with Gasteiger partial charge >= 0.3 is 0 Å². The van der Waals surface area contributed by atoms with Gasteiger partial charge in [0, 0.05) is 10.4 Å². The number of aromatic nitrogens is 3. The highest BCUT2D eigenvalue weighted by Crippen LogP contribution is 2.43.